The van der Waals surface area contributed by atoms with Gasteiger partial charge in [-0.3, -0.25) is 0 Å². The van der Waals surface area contributed by atoms with Crippen LogP contribution in [0.1, 0.15) is 0 Å². The minimum atomic E-state index is 1.08. The first-order chi connectivity index (χ1) is 31.3. The molecule has 0 saturated carbocycles. The fourth-order valence-electron chi connectivity index (χ4n) is 9.34. The number of hydrogen-bond donors (Lipinski definition) is 0. The van der Waals surface area contributed by atoms with Gasteiger partial charge in [-0.15, -0.1) is 0 Å². The molecule has 0 atom stereocenters. The molecule has 0 radical (unpaired) electrons. The molecule has 0 amide bonds. The van der Waals surface area contributed by atoms with E-state index in [1.165, 1.54) is 77.2 Å². The zero-order chi connectivity index (χ0) is 42.0. The highest BCUT2D eigenvalue weighted by molar-refractivity contribution is 6.09. The third kappa shape index (κ3) is 7.16. The number of benzene rings is 11. The van der Waals surface area contributed by atoms with Crippen LogP contribution in [0.5, 0.6) is 0 Å². The zero-order valence-corrected chi connectivity index (χ0v) is 34.8. The van der Waals surface area contributed by atoms with Gasteiger partial charge in [-0.2, -0.15) is 0 Å². The van der Waals surface area contributed by atoms with Crippen LogP contribution in [0.25, 0.3) is 88.3 Å². The van der Waals surface area contributed by atoms with Crippen LogP contribution >= 0.6 is 0 Å². The van der Waals surface area contributed by atoms with Gasteiger partial charge < -0.3 is 4.90 Å². The average Bonchev–Trinajstić information content (AvgIpc) is 3.37. The van der Waals surface area contributed by atoms with Crippen molar-refractivity contribution in [1.82, 2.24) is 0 Å². The first-order valence-corrected chi connectivity index (χ1v) is 21.7. The van der Waals surface area contributed by atoms with Crippen molar-refractivity contribution in [3.8, 4) is 66.8 Å². The van der Waals surface area contributed by atoms with Crippen molar-refractivity contribution in [2.75, 3.05) is 4.90 Å². The minimum absolute atomic E-state index is 1.08. The molecule has 0 spiro atoms. The lowest BCUT2D eigenvalue weighted by Crippen LogP contribution is -2.12. The molecular weight excluding hydrogens is 759 g/mol. The highest BCUT2D eigenvalue weighted by atomic mass is 15.1. The summed E-state index contributed by atoms with van der Waals surface area (Å²) in [5, 5.41) is 4.90. The summed E-state index contributed by atoms with van der Waals surface area (Å²) in [6.45, 7) is 0. The van der Waals surface area contributed by atoms with E-state index in [0.29, 0.717) is 0 Å². The predicted octanol–water partition coefficient (Wildman–Crippen LogP) is 17.5. The zero-order valence-electron chi connectivity index (χ0n) is 34.8. The maximum atomic E-state index is 2.47. The summed E-state index contributed by atoms with van der Waals surface area (Å²) in [7, 11) is 0. The molecule has 0 aliphatic heterocycles. The Morgan fingerprint density at radius 1 is 0.222 bits per heavy atom. The topological polar surface area (TPSA) is 3.24 Å². The van der Waals surface area contributed by atoms with Gasteiger partial charge in [0.1, 0.15) is 0 Å². The lowest BCUT2D eigenvalue weighted by atomic mass is 9.90. The van der Waals surface area contributed by atoms with Crippen molar-refractivity contribution in [1.29, 1.82) is 0 Å². The van der Waals surface area contributed by atoms with Gasteiger partial charge in [0.2, 0.25) is 0 Å². The first kappa shape index (κ1) is 37.7. The van der Waals surface area contributed by atoms with Gasteiger partial charge in [0.05, 0.1) is 11.4 Å². The molecule has 1 nitrogen and oxygen atoms in total. The molecule has 0 bridgehead atoms. The minimum Gasteiger partial charge on any atom is -0.309 e. The quantitative estimate of drug-likeness (QED) is 0.141. The molecule has 11 aromatic rings. The number of fused-ring (bicyclic) bond motifs is 2. The SMILES string of the molecule is c1ccc(-c2ccc(-c3ccc(N(c4ccccc4-c4cccc5ccccc45)c4ccccc4-c4cccc5cccc(-c6ccccc6)c45)cc3)cc2-c2ccccc2)cc1. The van der Waals surface area contributed by atoms with Crippen LogP contribution < -0.4 is 4.90 Å². The molecule has 1 heteroatoms. The number of hydrogen-bond acceptors (Lipinski definition) is 1. The van der Waals surface area contributed by atoms with E-state index in [1.807, 2.05) is 0 Å². The lowest BCUT2D eigenvalue weighted by molar-refractivity contribution is 1.29. The van der Waals surface area contributed by atoms with Crippen LogP contribution in [0, 0.1) is 0 Å². The Balaban J connectivity index is 1.11. The fourth-order valence-corrected chi connectivity index (χ4v) is 9.34. The third-order valence-electron chi connectivity index (χ3n) is 12.3. The Morgan fingerprint density at radius 3 is 1.32 bits per heavy atom. The summed E-state index contributed by atoms with van der Waals surface area (Å²) >= 11 is 0. The first-order valence-electron chi connectivity index (χ1n) is 21.7. The summed E-state index contributed by atoms with van der Waals surface area (Å²) in [5.74, 6) is 0. The fraction of sp³-hybridized carbons (Fsp3) is 0. The van der Waals surface area contributed by atoms with Crippen LogP contribution in [0.3, 0.4) is 0 Å². The maximum absolute atomic E-state index is 2.47. The number of rotatable bonds is 9. The van der Waals surface area contributed by atoms with Crippen LogP contribution in [0.4, 0.5) is 17.1 Å². The summed E-state index contributed by atoms with van der Waals surface area (Å²) in [5.41, 5.74) is 17.6. The van der Waals surface area contributed by atoms with E-state index < -0.39 is 0 Å². The smallest absolute Gasteiger partial charge is 0.0540 e. The van der Waals surface area contributed by atoms with Crippen molar-refractivity contribution in [2.24, 2.45) is 0 Å². The molecule has 11 rings (SSSR count). The van der Waals surface area contributed by atoms with Gasteiger partial charge >= 0.3 is 0 Å². The van der Waals surface area contributed by atoms with Crippen molar-refractivity contribution in [3.63, 3.8) is 0 Å². The second-order valence-corrected chi connectivity index (χ2v) is 16.0. The van der Waals surface area contributed by atoms with Gasteiger partial charge in [0.25, 0.3) is 0 Å². The molecule has 0 aliphatic carbocycles. The summed E-state index contributed by atoms with van der Waals surface area (Å²) in [6, 6.07) is 94.7. The van der Waals surface area contributed by atoms with E-state index >= 15 is 0 Å². The Hall–Kier alpha value is -8.26. The van der Waals surface area contributed by atoms with Gasteiger partial charge in [-0.25, -0.2) is 0 Å². The normalized spacial score (nSPS) is 11.2. The standard InChI is InChI=1S/C62H43N/c1-4-19-45(20-5-1)53-42-39-50(43-59(53)48-23-8-3-9-24-48)44-37-40-51(41-38-44)63(60-35-14-12-30-56(60)55-33-16-26-46-25-10-11-29-52(46)55)61-36-15-13-31-57(61)58-34-18-28-49-27-17-32-54(62(49)58)47-21-6-2-7-22-47/h1-43H. The van der Waals surface area contributed by atoms with Crippen molar-refractivity contribution >= 4 is 38.6 Å². The monoisotopic (exact) mass is 801 g/mol. The predicted molar refractivity (Wildman–Crippen MR) is 269 cm³/mol. The average molecular weight is 802 g/mol. The highest BCUT2D eigenvalue weighted by Crippen LogP contribution is 2.48. The summed E-state index contributed by atoms with van der Waals surface area (Å²) < 4.78 is 0. The molecule has 0 fully saturated rings. The van der Waals surface area contributed by atoms with E-state index in [9.17, 15) is 0 Å². The molecule has 0 aromatic heterocycles. The van der Waals surface area contributed by atoms with Gasteiger partial charge in [0.15, 0.2) is 0 Å². The Bertz CT molecular complexity index is 3360. The molecule has 296 valence electrons. The second kappa shape index (κ2) is 16.7. The van der Waals surface area contributed by atoms with Crippen molar-refractivity contribution < 1.29 is 0 Å². The second-order valence-electron chi connectivity index (χ2n) is 16.0. The van der Waals surface area contributed by atoms with Crippen molar-refractivity contribution in [3.05, 3.63) is 261 Å². The summed E-state index contributed by atoms with van der Waals surface area (Å²) in [6.07, 6.45) is 0. The van der Waals surface area contributed by atoms with E-state index in [-0.39, 0.29) is 0 Å². The molecule has 0 N–H and O–H groups in total. The maximum Gasteiger partial charge on any atom is 0.0540 e. The number of anilines is 3. The van der Waals surface area contributed by atoms with Gasteiger partial charge in [-0.05, 0) is 108 Å². The largest absolute Gasteiger partial charge is 0.309 e. The lowest BCUT2D eigenvalue weighted by Gasteiger charge is -2.30. The van der Waals surface area contributed by atoms with E-state index in [2.05, 4.69) is 266 Å². The van der Waals surface area contributed by atoms with Crippen LogP contribution in [0.15, 0.2) is 261 Å². The molecule has 11 aromatic carbocycles. The van der Waals surface area contributed by atoms with E-state index in [4.69, 9.17) is 0 Å². The van der Waals surface area contributed by atoms with E-state index in [0.717, 1.165) is 28.2 Å². The molecule has 0 saturated heterocycles. The van der Waals surface area contributed by atoms with Gasteiger partial charge in [-0.1, -0.05) is 231 Å². The Morgan fingerprint density at radius 2 is 0.667 bits per heavy atom. The molecule has 0 unspecified atom stereocenters. The van der Waals surface area contributed by atoms with Crippen LogP contribution in [-0.2, 0) is 0 Å². The van der Waals surface area contributed by atoms with Crippen molar-refractivity contribution in [2.45, 2.75) is 0 Å². The molecular formula is C62H43N. The highest BCUT2D eigenvalue weighted by Gasteiger charge is 2.23. The van der Waals surface area contributed by atoms with Gasteiger partial charge in [0, 0.05) is 16.8 Å². The number of nitrogens with zero attached hydrogens (tertiary/aromatic N) is 1. The molecule has 0 heterocycles. The number of para-hydroxylation sites is 2. The molecule has 63 heavy (non-hydrogen) atoms. The third-order valence-corrected chi connectivity index (χ3v) is 12.3. The van der Waals surface area contributed by atoms with Crippen LogP contribution in [0.2, 0.25) is 0 Å². The summed E-state index contributed by atoms with van der Waals surface area (Å²) in [4.78, 5) is 2.47. The van der Waals surface area contributed by atoms with Crippen LogP contribution in [-0.4, -0.2) is 0 Å². The van der Waals surface area contributed by atoms with E-state index in [1.54, 1.807) is 0 Å². The molecule has 0 aliphatic rings. The Kier molecular flexibility index (Phi) is 9.97. The Labute approximate surface area is 369 Å².